The van der Waals surface area contributed by atoms with E-state index in [2.05, 4.69) is 15.6 Å². The zero-order valence-corrected chi connectivity index (χ0v) is 12.2. The Bertz CT molecular complexity index is 514. The number of hydrogen-bond donors (Lipinski definition) is 4. The summed E-state index contributed by atoms with van der Waals surface area (Å²) in [5.41, 5.74) is 10.7. The van der Waals surface area contributed by atoms with Crippen LogP contribution >= 0.6 is 11.3 Å². The molecule has 1 aromatic rings. The van der Waals surface area contributed by atoms with E-state index in [1.54, 1.807) is 0 Å². The fourth-order valence-corrected chi connectivity index (χ4v) is 2.77. The molecule has 3 amide bonds. The predicted octanol–water partition coefficient (Wildman–Crippen LogP) is -1.04. The highest BCUT2D eigenvalue weighted by atomic mass is 32.1. The van der Waals surface area contributed by atoms with Crippen LogP contribution in [0.2, 0.25) is 0 Å². The molecule has 0 unspecified atom stereocenters. The molecule has 0 spiro atoms. The second-order valence-electron chi connectivity index (χ2n) is 4.36. The minimum absolute atomic E-state index is 0.210. The second kappa shape index (κ2) is 7.09. The molecular formula is C11H18N6O3S. The van der Waals surface area contributed by atoms with E-state index >= 15 is 0 Å². The smallest absolute Gasteiger partial charge is 0.312 e. The highest BCUT2D eigenvalue weighted by Gasteiger charge is 2.20. The number of amides is 3. The van der Waals surface area contributed by atoms with Crippen molar-refractivity contribution < 1.29 is 14.3 Å². The lowest BCUT2D eigenvalue weighted by atomic mass is 10.4. The van der Waals surface area contributed by atoms with Crippen LogP contribution in [0.3, 0.4) is 0 Å². The van der Waals surface area contributed by atoms with Crippen molar-refractivity contribution in [2.75, 3.05) is 50.0 Å². The SMILES string of the molecule is NC(=O)NCCNC(=O)c1sc(N2CCOCC2)nc1N. The van der Waals surface area contributed by atoms with Crippen LogP contribution < -0.4 is 27.0 Å². The lowest BCUT2D eigenvalue weighted by Gasteiger charge is -2.25. The predicted molar refractivity (Wildman–Crippen MR) is 79.5 cm³/mol. The quantitative estimate of drug-likeness (QED) is 0.513. The van der Waals surface area contributed by atoms with Crippen LogP contribution in [0.15, 0.2) is 0 Å². The first-order valence-corrected chi connectivity index (χ1v) is 7.30. The summed E-state index contributed by atoms with van der Waals surface area (Å²) in [6.07, 6.45) is 0. The number of nitrogens with zero attached hydrogens (tertiary/aromatic N) is 2. The Morgan fingerprint density at radius 1 is 1.29 bits per heavy atom. The molecule has 2 heterocycles. The van der Waals surface area contributed by atoms with Crippen molar-refractivity contribution >= 4 is 34.2 Å². The monoisotopic (exact) mass is 314 g/mol. The van der Waals surface area contributed by atoms with E-state index < -0.39 is 6.03 Å². The van der Waals surface area contributed by atoms with Gasteiger partial charge in [-0.15, -0.1) is 0 Å². The Labute approximate surface area is 125 Å². The molecule has 2 rings (SSSR count). The van der Waals surface area contributed by atoms with E-state index in [9.17, 15) is 9.59 Å². The molecule has 0 saturated carbocycles. The molecule has 0 atom stereocenters. The molecule has 9 nitrogen and oxygen atoms in total. The van der Waals surface area contributed by atoms with E-state index in [1.807, 2.05) is 4.90 Å². The van der Waals surface area contributed by atoms with Gasteiger partial charge in [0.05, 0.1) is 13.2 Å². The van der Waals surface area contributed by atoms with Gasteiger partial charge in [-0.3, -0.25) is 4.79 Å². The highest BCUT2D eigenvalue weighted by molar-refractivity contribution is 7.18. The fourth-order valence-electron chi connectivity index (χ4n) is 1.81. The van der Waals surface area contributed by atoms with E-state index in [-0.39, 0.29) is 24.8 Å². The first-order valence-electron chi connectivity index (χ1n) is 6.48. The molecule has 116 valence electrons. The maximum absolute atomic E-state index is 12.0. The largest absolute Gasteiger partial charge is 0.382 e. The van der Waals surface area contributed by atoms with Crippen molar-refractivity contribution in [2.45, 2.75) is 0 Å². The van der Waals surface area contributed by atoms with Crippen molar-refractivity contribution in [1.29, 1.82) is 0 Å². The Hall–Kier alpha value is -2.07. The number of aromatic nitrogens is 1. The van der Waals surface area contributed by atoms with Gasteiger partial charge in [0.1, 0.15) is 10.7 Å². The average molecular weight is 314 g/mol. The zero-order chi connectivity index (χ0) is 15.2. The van der Waals surface area contributed by atoms with Gasteiger partial charge in [0.2, 0.25) is 0 Å². The number of nitrogens with one attached hydrogen (secondary N) is 2. The molecule has 1 aliphatic rings. The number of primary amides is 1. The van der Waals surface area contributed by atoms with Crippen molar-refractivity contribution in [2.24, 2.45) is 5.73 Å². The van der Waals surface area contributed by atoms with Gasteiger partial charge in [0, 0.05) is 26.2 Å². The molecule has 1 fully saturated rings. The third-order valence-electron chi connectivity index (χ3n) is 2.84. The number of nitrogen functional groups attached to an aromatic ring is 1. The molecule has 0 radical (unpaired) electrons. The van der Waals surface area contributed by atoms with Crippen LogP contribution in [-0.4, -0.2) is 56.3 Å². The third-order valence-corrected chi connectivity index (χ3v) is 3.97. The summed E-state index contributed by atoms with van der Waals surface area (Å²) in [6.45, 7) is 3.27. The first-order chi connectivity index (χ1) is 10.1. The topological polar surface area (TPSA) is 136 Å². The van der Waals surface area contributed by atoms with Gasteiger partial charge >= 0.3 is 6.03 Å². The van der Waals surface area contributed by atoms with Gasteiger partial charge in [0.15, 0.2) is 5.13 Å². The summed E-state index contributed by atoms with van der Waals surface area (Å²) >= 11 is 1.25. The number of urea groups is 1. The summed E-state index contributed by atoms with van der Waals surface area (Å²) in [6, 6.07) is -0.629. The summed E-state index contributed by atoms with van der Waals surface area (Å²) in [7, 11) is 0. The summed E-state index contributed by atoms with van der Waals surface area (Å²) in [5.74, 6) is -0.0994. The van der Waals surface area contributed by atoms with Crippen LogP contribution in [-0.2, 0) is 4.74 Å². The van der Waals surface area contributed by atoms with E-state index in [4.69, 9.17) is 16.2 Å². The highest BCUT2D eigenvalue weighted by Crippen LogP contribution is 2.28. The lowest BCUT2D eigenvalue weighted by molar-refractivity contribution is 0.0958. The first kappa shape index (κ1) is 15.3. The van der Waals surface area contributed by atoms with Gasteiger partial charge in [-0.05, 0) is 0 Å². The Morgan fingerprint density at radius 3 is 2.62 bits per heavy atom. The van der Waals surface area contributed by atoms with Crippen LogP contribution in [0.4, 0.5) is 15.7 Å². The number of thiazole rings is 1. The number of morpholine rings is 1. The van der Waals surface area contributed by atoms with Crippen LogP contribution in [0.25, 0.3) is 0 Å². The van der Waals surface area contributed by atoms with Crippen LogP contribution in [0.5, 0.6) is 0 Å². The number of rotatable bonds is 5. The maximum Gasteiger partial charge on any atom is 0.312 e. The molecule has 0 aromatic carbocycles. The molecule has 21 heavy (non-hydrogen) atoms. The van der Waals surface area contributed by atoms with Gasteiger partial charge in [-0.25, -0.2) is 9.78 Å². The number of carbonyl (C=O) groups is 2. The maximum atomic E-state index is 12.0. The molecular weight excluding hydrogens is 296 g/mol. The number of ether oxygens (including phenoxy) is 1. The van der Waals surface area contributed by atoms with E-state index in [1.165, 1.54) is 11.3 Å². The van der Waals surface area contributed by atoms with Crippen molar-refractivity contribution in [3.63, 3.8) is 0 Å². The Balaban J connectivity index is 1.91. The van der Waals surface area contributed by atoms with Crippen molar-refractivity contribution in [3.8, 4) is 0 Å². The number of carbonyl (C=O) groups excluding carboxylic acids is 2. The van der Waals surface area contributed by atoms with Gasteiger partial charge in [0.25, 0.3) is 5.91 Å². The average Bonchev–Trinajstić information content (AvgIpc) is 2.86. The zero-order valence-electron chi connectivity index (χ0n) is 11.4. The molecule has 6 N–H and O–H groups in total. The van der Waals surface area contributed by atoms with Gasteiger partial charge in [-0.1, -0.05) is 11.3 Å². The minimum Gasteiger partial charge on any atom is -0.382 e. The molecule has 0 bridgehead atoms. The minimum atomic E-state index is -0.629. The second-order valence-corrected chi connectivity index (χ2v) is 5.33. The van der Waals surface area contributed by atoms with Gasteiger partial charge < -0.3 is 31.7 Å². The molecule has 0 aliphatic carbocycles. The number of anilines is 2. The Morgan fingerprint density at radius 2 is 1.95 bits per heavy atom. The fraction of sp³-hybridized carbons (Fsp3) is 0.545. The Kier molecular flexibility index (Phi) is 5.17. The van der Waals surface area contributed by atoms with E-state index in [0.29, 0.717) is 18.1 Å². The molecule has 1 aromatic heterocycles. The van der Waals surface area contributed by atoms with Crippen molar-refractivity contribution in [3.05, 3.63) is 4.88 Å². The number of hydrogen-bond acceptors (Lipinski definition) is 7. The summed E-state index contributed by atoms with van der Waals surface area (Å²) in [5, 5.41) is 5.75. The molecule has 10 heteroatoms. The summed E-state index contributed by atoms with van der Waals surface area (Å²) in [4.78, 5) is 29.1. The van der Waals surface area contributed by atoms with E-state index in [0.717, 1.165) is 18.2 Å². The van der Waals surface area contributed by atoms with Crippen LogP contribution in [0, 0.1) is 0 Å². The standard InChI is InChI=1S/C11H18N6O3S/c12-8-7(9(18)14-1-2-15-10(13)19)21-11(16-8)17-3-5-20-6-4-17/h1-6,12H2,(H,14,18)(H3,13,15,19). The number of nitrogens with two attached hydrogens (primary N) is 2. The van der Waals surface area contributed by atoms with Crippen molar-refractivity contribution in [1.82, 2.24) is 15.6 Å². The lowest BCUT2D eigenvalue weighted by Crippen LogP contribution is -2.37. The molecule has 1 aliphatic heterocycles. The normalized spacial score (nSPS) is 14.8. The molecule has 1 saturated heterocycles. The van der Waals surface area contributed by atoms with Gasteiger partial charge in [-0.2, -0.15) is 0 Å². The third kappa shape index (κ3) is 4.20. The summed E-state index contributed by atoms with van der Waals surface area (Å²) < 4.78 is 5.27. The van der Waals surface area contributed by atoms with Crippen LogP contribution in [0.1, 0.15) is 9.67 Å².